The van der Waals surface area contributed by atoms with Crippen LogP contribution in [0.1, 0.15) is 34.6 Å². The van der Waals surface area contributed by atoms with Gasteiger partial charge in [-0.25, -0.2) is 0 Å². The lowest BCUT2D eigenvalue weighted by atomic mass is 10.1. The molecule has 0 spiro atoms. The quantitative estimate of drug-likeness (QED) is 0.777. The van der Waals surface area contributed by atoms with E-state index in [0.717, 1.165) is 0 Å². The van der Waals surface area contributed by atoms with E-state index in [0.29, 0.717) is 36.3 Å². The van der Waals surface area contributed by atoms with Crippen LogP contribution in [-0.4, -0.2) is 34.6 Å². The van der Waals surface area contributed by atoms with Gasteiger partial charge in [-0.05, 0) is 26.3 Å². The van der Waals surface area contributed by atoms with Crippen LogP contribution in [0.2, 0.25) is 0 Å². The van der Waals surface area contributed by atoms with E-state index in [9.17, 15) is 9.59 Å². The fraction of sp³-hybridized carbons (Fsp3) is 0.500. The first-order valence-corrected chi connectivity index (χ1v) is 5.95. The molecule has 2 heterocycles. The van der Waals surface area contributed by atoms with Gasteiger partial charge >= 0.3 is 0 Å². The van der Waals surface area contributed by atoms with Crippen molar-refractivity contribution < 1.29 is 9.59 Å². The Kier molecular flexibility index (Phi) is 3.55. The predicted molar refractivity (Wildman–Crippen MR) is 65.0 cm³/mol. The largest absolute Gasteiger partial charge is 0.354 e. The summed E-state index contributed by atoms with van der Waals surface area (Å²) in [7, 11) is 0. The van der Waals surface area contributed by atoms with Gasteiger partial charge in [0.05, 0.1) is 17.0 Å². The summed E-state index contributed by atoms with van der Waals surface area (Å²) >= 11 is 0. The van der Waals surface area contributed by atoms with Crippen molar-refractivity contribution in [1.82, 2.24) is 20.8 Å². The SMILES string of the molecule is Cc1cc(C(=O)NC2CCC(=O)NC2)c(C)nn1. The van der Waals surface area contributed by atoms with Gasteiger partial charge in [0.2, 0.25) is 5.91 Å². The van der Waals surface area contributed by atoms with Gasteiger partial charge < -0.3 is 10.6 Å². The van der Waals surface area contributed by atoms with Gasteiger partial charge in [0.15, 0.2) is 0 Å². The van der Waals surface area contributed by atoms with Crippen LogP contribution in [0.4, 0.5) is 0 Å². The predicted octanol–water partition coefficient (Wildman–Crippen LogP) is 0.102. The van der Waals surface area contributed by atoms with E-state index in [1.54, 1.807) is 19.9 Å². The maximum Gasteiger partial charge on any atom is 0.253 e. The molecule has 1 atom stereocenters. The van der Waals surface area contributed by atoms with E-state index < -0.39 is 0 Å². The van der Waals surface area contributed by atoms with Gasteiger partial charge in [0.25, 0.3) is 5.91 Å². The number of nitrogens with one attached hydrogen (secondary N) is 2. The third-order valence-electron chi connectivity index (χ3n) is 2.95. The van der Waals surface area contributed by atoms with Crippen LogP contribution in [0.25, 0.3) is 0 Å². The number of aryl methyl sites for hydroxylation is 2. The van der Waals surface area contributed by atoms with Crippen LogP contribution in [0.3, 0.4) is 0 Å². The highest BCUT2D eigenvalue weighted by Gasteiger charge is 2.21. The molecular weight excluding hydrogens is 232 g/mol. The molecule has 0 saturated carbocycles. The molecule has 1 aliphatic heterocycles. The third-order valence-corrected chi connectivity index (χ3v) is 2.95. The maximum absolute atomic E-state index is 12.1. The Morgan fingerprint density at radius 2 is 2.22 bits per heavy atom. The molecule has 1 unspecified atom stereocenters. The number of carbonyl (C=O) groups is 2. The smallest absolute Gasteiger partial charge is 0.253 e. The number of hydrogen-bond acceptors (Lipinski definition) is 4. The summed E-state index contributed by atoms with van der Waals surface area (Å²) in [5, 5.41) is 13.5. The number of aromatic nitrogens is 2. The van der Waals surface area contributed by atoms with E-state index in [1.165, 1.54) is 0 Å². The molecule has 0 aromatic carbocycles. The molecule has 18 heavy (non-hydrogen) atoms. The minimum atomic E-state index is -0.161. The Morgan fingerprint density at radius 3 is 2.89 bits per heavy atom. The van der Waals surface area contributed by atoms with Gasteiger partial charge in [-0.2, -0.15) is 10.2 Å². The van der Waals surface area contributed by atoms with Crippen LogP contribution < -0.4 is 10.6 Å². The van der Waals surface area contributed by atoms with Gasteiger partial charge in [0, 0.05) is 19.0 Å². The number of hydrogen-bond donors (Lipinski definition) is 2. The second kappa shape index (κ2) is 5.12. The molecule has 1 fully saturated rings. The summed E-state index contributed by atoms with van der Waals surface area (Å²) < 4.78 is 0. The van der Waals surface area contributed by atoms with Crippen molar-refractivity contribution in [3.05, 3.63) is 23.0 Å². The molecule has 6 heteroatoms. The Balaban J connectivity index is 2.03. The lowest BCUT2D eigenvalue weighted by Crippen LogP contribution is -2.47. The minimum absolute atomic E-state index is 0.0110. The first-order valence-electron chi connectivity index (χ1n) is 5.95. The fourth-order valence-corrected chi connectivity index (χ4v) is 1.90. The summed E-state index contributed by atoms with van der Waals surface area (Å²) in [5.41, 5.74) is 1.86. The van der Waals surface area contributed by atoms with E-state index in [2.05, 4.69) is 20.8 Å². The molecule has 2 rings (SSSR count). The number of nitrogens with zero attached hydrogens (tertiary/aromatic N) is 2. The summed E-state index contributed by atoms with van der Waals surface area (Å²) in [6, 6.07) is 1.71. The lowest BCUT2D eigenvalue weighted by Gasteiger charge is -2.23. The molecule has 2 N–H and O–H groups in total. The van der Waals surface area contributed by atoms with Gasteiger partial charge in [-0.1, -0.05) is 0 Å². The molecule has 6 nitrogen and oxygen atoms in total. The summed E-state index contributed by atoms with van der Waals surface area (Å²) in [5.74, 6) is -0.121. The van der Waals surface area contributed by atoms with Crippen molar-refractivity contribution >= 4 is 11.8 Å². The molecule has 1 aromatic rings. The van der Waals surface area contributed by atoms with Crippen LogP contribution in [-0.2, 0) is 4.79 Å². The van der Waals surface area contributed by atoms with Crippen molar-refractivity contribution in [1.29, 1.82) is 0 Å². The zero-order valence-corrected chi connectivity index (χ0v) is 10.5. The molecule has 0 bridgehead atoms. The zero-order valence-electron chi connectivity index (χ0n) is 10.5. The summed E-state index contributed by atoms with van der Waals surface area (Å²) in [6.45, 7) is 4.04. The molecular formula is C12H16N4O2. The zero-order chi connectivity index (χ0) is 13.1. The highest BCUT2D eigenvalue weighted by Crippen LogP contribution is 2.08. The Hall–Kier alpha value is -1.98. The molecule has 1 aliphatic rings. The standard InChI is InChI=1S/C12H16N4O2/c1-7-5-10(8(2)16-15-7)12(18)14-9-3-4-11(17)13-6-9/h5,9H,3-4,6H2,1-2H3,(H,13,17)(H,14,18). The highest BCUT2D eigenvalue weighted by atomic mass is 16.2. The van der Waals surface area contributed by atoms with Gasteiger partial charge in [0.1, 0.15) is 0 Å². The first-order chi connectivity index (χ1) is 8.56. The van der Waals surface area contributed by atoms with Crippen molar-refractivity contribution in [3.63, 3.8) is 0 Å². The fourth-order valence-electron chi connectivity index (χ4n) is 1.90. The maximum atomic E-state index is 12.1. The Bertz CT molecular complexity index is 477. The number of piperidine rings is 1. The van der Waals surface area contributed by atoms with Crippen LogP contribution in [0.5, 0.6) is 0 Å². The number of amides is 2. The Labute approximate surface area is 105 Å². The molecule has 1 aromatic heterocycles. The third kappa shape index (κ3) is 2.82. The minimum Gasteiger partial charge on any atom is -0.354 e. The topological polar surface area (TPSA) is 84.0 Å². The highest BCUT2D eigenvalue weighted by molar-refractivity contribution is 5.95. The van der Waals surface area contributed by atoms with Crippen molar-refractivity contribution in [2.45, 2.75) is 32.7 Å². The number of carbonyl (C=O) groups excluding carboxylic acids is 2. The molecule has 96 valence electrons. The van der Waals surface area contributed by atoms with E-state index in [-0.39, 0.29) is 17.9 Å². The summed E-state index contributed by atoms with van der Waals surface area (Å²) in [4.78, 5) is 23.1. The van der Waals surface area contributed by atoms with E-state index in [4.69, 9.17) is 0 Å². The van der Waals surface area contributed by atoms with Crippen molar-refractivity contribution in [2.24, 2.45) is 0 Å². The van der Waals surface area contributed by atoms with Gasteiger partial charge in [-0.3, -0.25) is 9.59 Å². The van der Waals surface area contributed by atoms with Gasteiger partial charge in [-0.15, -0.1) is 0 Å². The molecule has 0 radical (unpaired) electrons. The van der Waals surface area contributed by atoms with E-state index in [1.807, 2.05) is 0 Å². The van der Waals surface area contributed by atoms with Crippen LogP contribution >= 0.6 is 0 Å². The number of rotatable bonds is 2. The van der Waals surface area contributed by atoms with E-state index >= 15 is 0 Å². The average molecular weight is 248 g/mol. The first kappa shape index (κ1) is 12.5. The monoisotopic (exact) mass is 248 g/mol. The molecule has 2 amide bonds. The van der Waals surface area contributed by atoms with Crippen LogP contribution in [0, 0.1) is 13.8 Å². The normalized spacial score (nSPS) is 19.2. The average Bonchev–Trinajstić information content (AvgIpc) is 2.35. The second-order valence-electron chi connectivity index (χ2n) is 4.50. The molecule has 0 aliphatic carbocycles. The summed E-state index contributed by atoms with van der Waals surface area (Å²) in [6.07, 6.45) is 1.13. The molecule has 1 saturated heterocycles. The van der Waals surface area contributed by atoms with Crippen molar-refractivity contribution in [2.75, 3.05) is 6.54 Å². The lowest BCUT2D eigenvalue weighted by molar-refractivity contribution is -0.122. The Morgan fingerprint density at radius 1 is 1.44 bits per heavy atom. The van der Waals surface area contributed by atoms with Crippen molar-refractivity contribution in [3.8, 4) is 0 Å². The second-order valence-corrected chi connectivity index (χ2v) is 4.50. The van der Waals surface area contributed by atoms with Crippen LogP contribution in [0.15, 0.2) is 6.07 Å².